The van der Waals surface area contributed by atoms with Gasteiger partial charge in [-0.2, -0.15) is 30.9 Å². The summed E-state index contributed by atoms with van der Waals surface area (Å²) in [6.07, 6.45) is -9.06. The second kappa shape index (κ2) is 7.42. The first kappa shape index (κ1) is 20.4. The molecule has 2 aromatic heterocycles. The first-order chi connectivity index (χ1) is 14.1. The summed E-state index contributed by atoms with van der Waals surface area (Å²) >= 11 is 0. The van der Waals surface area contributed by atoms with Crippen LogP contribution in [0.5, 0.6) is 0 Å². The molecule has 160 valence electrons. The van der Waals surface area contributed by atoms with E-state index in [1.165, 1.54) is 12.1 Å². The Balaban J connectivity index is 1.44. The molecule has 0 atom stereocenters. The van der Waals surface area contributed by atoms with Gasteiger partial charge in [0.1, 0.15) is 5.82 Å². The first-order valence-corrected chi connectivity index (χ1v) is 9.04. The summed E-state index contributed by atoms with van der Waals surface area (Å²) in [5, 5.41) is 10.7. The van der Waals surface area contributed by atoms with Crippen molar-refractivity contribution in [1.29, 1.82) is 0 Å². The van der Waals surface area contributed by atoms with Crippen molar-refractivity contribution in [3.8, 4) is 0 Å². The molecule has 0 N–H and O–H groups in total. The third kappa shape index (κ3) is 4.18. The molecular formula is C18H16F6N6. The summed E-state index contributed by atoms with van der Waals surface area (Å²) in [6.45, 7) is 2.37. The molecule has 0 radical (unpaired) electrons. The SMILES string of the molecule is FC(F)(F)c1cccc(CN2CCN(c3ccc4nnc(C(F)(F)F)n4n3)CC2)c1. The van der Waals surface area contributed by atoms with E-state index in [0.29, 0.717) is 48.6 Å². The molecule has 1 fully saturated rings. The molecule has 1 aromatic carbocycles. The van der Waals surface area contributed by atoms with E-state index in [2.05, 4.69) is 15.3 Å². The predicted molar refractivity (Wildman–Crippen MR) is 94.7 cm³/mol. The van der Waals surface area contributed by atoms with Crippen LogP contribution in [0.4, 0.5) is 32.2 Å². The number of alkyl halides is 6. The number of hydrogen-bond donors (Lipinski definition) is 0. The molecule has 1 saturated heterocycles. The van der Waals surface area contributed by atoms with E-state index in [-0.39, 0.29) is 5.65 Å². The molecule has 0 bridgehead atoms. The quantitative estimate of drug-likeness (QED) is 0.596. The van der Waals surface area contributed by atoms with Crippen LogP contribution in [0.3, 0.4) is 0 Å². The van der Waals surface area contributed by atoms with Crippen LogP contribution in [-0.4, -0.2) is 50.9 Å². The number of nitrogens with zero attached hydrogens (tertiary/aromatic N) is 6. The average Bonchev–Trinajstić information content (AvgIpc) is 3.12. The topological polar surface area (TPSA) is 49.6 Å². The van der Waals surface area contributed by atoms with Gasteiger partial charge < -0.3 is 4.90 Å². The van der Waals surface area contributed by atoms with Crippen molar-refractivity contribution in [3.63, 3.8) is 0 Å². The lowest BCUT2D eigenvalue weighted by atomic mass is 10.1. The fraction of sp³-hybridized carbons (Fsp3) is 0.389. The maximum atomic E-state index is 13.0. The van der Waals surface area contributed by atoms with Crippen LogP contribution >= 0.6 is 0 Å². The van der Waals surface area contributed by atoms with E-state index in [0.717, 1.165) is 12.1 Å². The molecule has 0 amide bonds. The number of halogens is 6. The fourth-order valence-corrected chi connectivity index (χ4v) is 3.36. The molecule has 6 nitrogen and oxygen atoms in total. The molecule has 30 heavy (non-hydrogen) atoms. The van der Waals surface area contributed by atoms with Crippen molar-refractivity contribution in [2.75, 3.05) is 31.1 Å². The number of rotatable bonds is 3. The Bertz CT molecular complexity index is 1040. The van der Waals surface area contributed by atoms with Crippen molar-refractivity contribution in [1.82, 2.24) is 24.7 Å². The Morgan fingerprint density at radius 3 is 2.23 bits per heavy atom. The van der Waals surface area contributed by atoms with E-state index >= 15 is 0 Å². The van der Waals surface area contributed by atoms with Gasteiger partial charge >= 0.3 is 12.4 Å². The van der Waals surface area contributed by atoms with Crippen LogP contribution in [0.25, 0.3) is 5.65 Å². The standard InChI is InChI=1S/C18H16F6N6/c19-17(20,21)13-3-1-2-12(10-13)11-28-6-8-29(9-7-28)15-5-4-14-25-26-16(18(22,23)24)30(14)27-15/h1-5,10H,6-9,11H2. The minimum atomic E-state index is -4.67. The predicted octanol–water partition coefficient (Wildman–Crippen LogP) is 3.48. The number of hydrogen-bond acceptors (Lipinski definition) is 5. The van der Waals surface area contributed by atoms with E-state index in [1.807, 2.05) is 9.80 Å². The van der Waals surface area contributed by atoms with E-state index in [4.69, 9.17) is 0 Å². The van der Waals surface area contributed by atoms with Crippen LogP contribution < -0.4 is 4.90 Å². The third-order valence-corrected chi connectivity index (χ3v) is 4.86. The molecule has 3 heterocycles. The zero-order valence-corrected chi connectivity index (χ0v) is 15.5. The largest absolute Gasteiger partial charge is 0.453 e. The minimum absolute atomic E-state index is 0.00532. The number of aromatic nitrogens is 4. The van der Waals surface area contributed by atoms with Gasteiger partial charge in [0.05, 0.1) is 5.56 Å². The van der Waals surface area contributed by atoms with E-state index in [9.17, 15) is 26.3 Å². The Morgan fingerprint density at radius 1 is 0.833 bits per heavy atom. The Morgan fingerprint density at radius 2 is 1.57 bits per heavy atom. The lowest BCUT2D eigenvalue weighted by Crippen LogP contribution is -2.46. The number of piperazine rings is 1. The summed E-state index contributed by atoms with van der Waals surface area (Å²) in [5.41, 5.74) is -0.142. The van der Waals surface area contributed by atoms with Crippen LogP contribution in [0.2, 0.25) is 0 Å². The van der Waals surface area contributed by atoms with E-state index in [1.54, 1.807) is 12.1 Å². The molecule has 3 aromatic rings. The molecule has 4 rings (SSSR count). The van der Waals surface area contributed by atoms with Gasteiger partial charge in [-0.05, 0) is 23.8 Å². The highest BCUT2D eigenvalue weighted by molar-refractivity contribution is 5.46. The van der Waals surface area contributed by atoms with Crippen molar-refractivity contribution >= 4 is 11.5 Å². The van der Waals surface area contributed by atoms with Crippen LogP contribution in [0.15, 0.2) is 36.4 Å². The van der Waals surface area contributed by atoms with Crippen molar-refractivity contribution in [2.24, 2.45) is 0 Å². The normalized spacial score (nSPS) is 16.4. The van der Waals surface area contributed by atoms with Crippen LogP contribution in [-0.2, 0) is 18.9 Å². The van der Waals surface area contributed by atoms with Gasteiger partial charge in [-0.3, -0.25) is 4.90 Å². The molecule has 1 aliphatic rings. The summed E-state index contributed by atoms with van der Waals surface area (Å²) < 4.78 is 78.4. The maximum Gasteiger partial charge on any atom is 0.453 e. The minimum Gasteiger partial charge on any atom is -0.353 e. The van der Waals surface area contributed by atoms with Crippen molar-refractivity contribution < 1.29 is 26.3 Å². The highest BCUT2D eigenvalue weighted by atomic mass is 19.4. The van der Waals surface area contributed by atoms with Crippen LogP contribution in [0.1, 0.15) is 17.0 Å². The third-order valence-electron chi connectivity index (χ3n) is 4.86. The van der Waals surface area contributed by atoms with Gasteiger partial charge in [-0.25, -0.2) is 0 Å². The lowest BCUT2D eigenvalue weighted by Gasteiger charge is -2.35. The molecule has 0 unspecified atom stereocenters. The van der Waals surface area contributed by atoms with Gasteiger partial charge in [0.25, 0.3) is 5.82 Å². The molecule has 12 heteroatoms. The Hall–Kier alpha value is -2.89. The maximum absolute atomic E-state index is 13.0. The van der Waals surface area contributed by atoms with Crippen molar-refractivity contribution in [3.05, 3.63) is 53.3 Å². The summed E-state index contributed by atoms with van der Waals surface area (Å²) in [4.78, 5) is 3.81. The smallest absolute Gasteiger partial charge is 0.353 e. The van der Waals surface area contributed by atoms with Gasteiger partial charge in [0.2, 0.25) is 0 Å². The zero-order chi connectivity index (χ0) is 21.5. The molecule has 1 aliphatic heterocycles. The number of fused-ring (bicyclic) bond motifs is 1. The Labute approximate surface area is 166 Å². The lowest BCUT2D eigenvalue weighted by molar-refractivity contribution is -0.146. The molecule has 0 spiro atoms. The first-order valence-electron chi connectivity index (χ1n) is 9.04. The van der Waals surface area contributed by atoms with Gasteiger partial charge in [0.15, 0.2) is 5.65 Å². The number of benzene rings is 1. The van der Waals surface area contributed by atoms with Crippen LogP contribution in [0, 0.1) is 0 Å². The average molecular weight is 430 g/mol. The summed E-state index contributed by atoms with van der Waals surface area (Å²) in [5.74, 6) is -0.839. The van der Waals surface area contributed by atoms with Crippen molar-refractivity contribution in [2.45, 2.75) is 18.9 Å². The Kier molecular flexibility index (Phi) is 5.04. The van der Waals surface area contributed by atoms with Gasteiger partial charge in [0, 0.05) is 32.7 Å². The van der Waals surface area contributed by atoms with Gasteiger partial charge in [-0.1, -0.05) is 18.2 Å². The number of anilines is 1. The molecule has 0 saturated carbocycles. The van der Waals surface area contributed by atoms with E-state index < -0.39 is 23.7 Å². The summed E-state index contributed by atoms with van der Waals surface area (Å²) in [6, 6.07) is 8.18. The zero-order valence-electron chi connectivity index (χ0n) is 15.5. The monoisotopic (exact) mass is 430 g/mol. The fourth-order valence-electron chi connectivity index (χ4n) is 3.36. The summed E-state index contributed by atoms with van der Waals surface area (Å²) in [7, 11) is 0. The second-order valence-electron chi connectivity index (χ2n) is 6.94. The highest BCUT2D eigenvalue weighted by Crippen LogP contribution is 2.30. The highest BCUT2D eigenvalue weighted by Gasteiger charge is 2.38. The second-order valence-corrected chi connectivity index (χ2v) is 6.94. The van der Waals surface area contributed by atoms with Gasteiger partial charge in [-0.15, -0.1) is 15.3 Å². The molecule has 0 aliphatic carbocycles. The molecular weight excluding hydrogens is 414 g/mol.